The van der Waals surface area contributed by atoms with Gasteiger partial charge < -0.3 is 10.6 Å². The topological polar surface area (TPSA) is 49.6 Å². The lowest BCUT2D eigenvalue weighted by Gasteiger charge is -2.23. The fraction of sp³-hybridized carbons (Fsp3) is 0.409. The lowest BCUT2D eigenvalue weighted by molar-refractivity contribution is -0.131. The summed E-state index contributed by atoms with van der Waals surface area (Å²) in [5, 5.41) is 0. The van der Waals surface area contributed by atoms with Crippen molar-refractivity contribution in [2.75, 3.05) is 26.2 Å². The summed E-state index contributed by atoms with van der Waals surface area (Å²) in [4.78, 5) is 16.7. The van der Waals surface area contributed by atoms with E-state index in [1.54, 1.807) is 4.90 Å². The monoisotopic (exact) mass is 441 g/mol. The predicted molar refractivity (Wildman–Crippen MR) is 113 cm³/mol. The van der Waals surface area contributed by atoms with Gasteiger partial charge in [-0.05, 0) is 30.0 Å². The summed E-state index contributed by atoms with van der Waals surface area (Å²) >= 11 is 0. The smallest absolute Gasteiger partial charge is 0.224 e. The van der Waals surface area contributed by atoms with Crippen molar-refractivity contribution in [3.8, 4) is 0 Å². The van der Waals surface area contributed by atoms with Crippen LogP contribution in [-0.4, -0.2) is 47.9 Å². The molecular weight excluding hydrogens is 415 g/mol. The van der Waals surface area contributed by atoms with Crippen LogP contribution in [0.15, 0.2) is 42.5 Å². The molecule has 0 bridgehead atoms. The van der Waals surface area contributed by atoms with Crippen LogP contribution in [0.1, 0.15) is 24.0 Å². The van der Waals surface area contributed by atoms with Crippen LogP contribution in [0.5, 0.6) is 0 Å². The molecule has 30 heavy (non-hydrogen) atoms. The van der Waals surface area contributed by atoms with E-state index in [1.165, 1.54) is 5.56 Å². The van der Waals surface area contributed by atoms with Gasteiger partial charge in [-0.25, -0.2) is 13.2 Å². The van der Waals surface area contributed by atoms with Crippen LogP contribution in [0.25, 0.3) is 0 Å². The number of benzene rings is 2. The molecule has 0 radical (unpaired) electrons. The Morgan fingerprint density at radius 3 is 2.40 bits per heavy atom. The standard InChI is InChI=1S/C22H26F3N3O.ClH/c23-19-14-21(25)20(24)12-17(19)11-18(26)13-22(29)28-8-4-7-27(9-10-28)15-16-5-2-1-3-6-16;/h1-3,5-6,12,14,18H,4,7-11,13,15,26H2;1H/t18-;/m1./s1. The number of rotatable bonds is 6. The van der Waals surface area contributed by atoms with Crippen molar-refractivity contribution < 1.29 is 18.0 Å². The van der Waals surface area contributed by atoms with Crippen LogP contribution in [0.2, 0.25) is 0 Å². The molecule has 1 aliphatic rings. The van der Waals surface area contributed by atoms with Crippen LogP contribution in [0, 0.1) is 17.5 Å². The summed E-state index contributed by atoms with van der Waals surface area (Å²) < 4.78 is 40.2. The Morgan fingerprint density at radius 1 is 0.967 bits per heavy atom. The molecule has 1 fully saturated rings. The lowest BCUT2D eigenvalue weighted by Crippen LogP contribution is -2.39. The summed E-state index contributed by atoms with van der Waals surface area (Å²) in [6.07, 6.45) is 0.880. The van der Waals surface area contributed by atoms with Gasteiger partial charge in [0.25, 0.3) is 0 Å². The average molecular weight is 442 g/mol. The molecule has 0 unspecified atom stereocenters. The van der Waals surface area contributed by atoms with Gasteiger partial charge in [-0.2, -0.15) is 0 Å². The molecule has 2 aromatic carbocycles. The van der Waals surface area contributed by atoms with Gasteiger partial charge in [0.15, 0.2) is 11.6 Å². The van der Waals surface area contributed by atoms with Crippen LogP contribution in [0.4, 0.5) is 13.2 Å². The van der Waals surface area contributed by atoms with Crippen LogP contribution in [0.3, 0.4) is 0 Å². The Hall–Kier alpha value is -2.09. The van der Waals surface area contributed by atoms with Crippen molar-refractivity contribution in [1.29, 1.82) is 0 Å². The molecule has 0 aliphatic carbocycles. The van der Waals surface area contributed by atoms with Crippen LogP contribution in [-0.2, 0) is 17.8 Å². The molecule has 1 heterocycles. The normalized spacial score (nSPS) is 15.9. The minimum Gasteiger partial charge on any atom is -0.341 e. The highest BCUT2D eigenvalue weighted by atomic mass is 35.5. The molecule has 1 amide bonds. The number of amides is 1. The molecule has 3 rings (SSSR count). The van der Waals surface area contributed by atoms with Gasteiger partial charge in [-0.3, -0.25) is 9.69 Å². The molecule has 1 saturated heterocycles. The third kappa shape index (κ3) is 6.72. The van der Waals surface area contributed by atoms with Crippen molar-refractivity contribution in [2.45, 2.75) is 31.8 Å². The van der Waals surface area contributed by atoms with Gasteiger partial charge in [0.2, 0.25) is 5.91 Å². The number of carbonyl (C=O) groups excluding carboxylic acids is 1. The van der Waals surface area contributed by atoms with Crippen molar-refractivity contribution in [1.82, 2.24) is 9.80 Å². The first-order valence-corrected chi connectivity index (χ1v) is 9.85. The van der Waals surface area contributed by atoms with E-state index in [9.17, 15) is 18.0 Å². The highest BCUT2D eigenvalue weighted by Gasteiger charge is 2.22. The number of carbonyl (C=O) groups is 1. The van der Waals surface area contributed by atoms with Gasteiger partial charge >= 0.3 is 0 Å². The van der Waals surface area contributed by atoms with Gasteiger partial charge in [0.1, 0.15) is 5.82 Å². The van der Waals surface area contributed by atoms with E-state index in [0.717, 1.165) is 32.1 Å². The van der Waals surface area contributed by atoms with Crippen molar-refractivity contribution in [3.05, 3.63) is 71.0 Å². The Kier molecular flexibility index (Phi) is 9.14. The van der Waals surface area contributed by atoms with Gasteiger partial charge in [0, 0.05) is 51.3 Å². The lowest BCUT2D eigenvalue weighted by atomic mass is 10.0. The summed E-state index contributed by atoms with van der Waals surface area (Å²) in [5.41, 5.74) is 7.22. The SMILES string of the molecule is Cl.N[C@@H](CC(=O)N1CCCN(Cc2ccccc2)CC1)Cc1cc(F)c(F)cc1F. The second kappa shape index (κ2) is 11.3. The van der Waals surface area contributed by atoms with Crippen molar-refractivity contribution in [3.63, 3.8) is 0 Å². The van der Waals surface area contributed by atoms with Gasteiger partial charge in [-0.1, -0.05) is 30.3 Å². The number of nitrogens with two attached hydrogens (primary N) is 1. The first kappa shape index (κ1) is 24.2. The molecule has 0 saturated carbocycles. The minimum absolute atomic E-state index is 0. The predicted octanol–water partition coefficient (Wildman–Crippen LogP) is 3.52. The first-order valence-electron chi connectivity index (χ1n) is 9.85. The first-order chi connectivity index (χ1) is 13.9. The molecule has 2 N–H and O–H groups in total. The molecule has 1 aliphatic heterocycles. The summed E-state index contributed by atoms with van der Waals surface area (Å²) in [6, 6.07) is 10.8. The quantitative estimate of drug-likeness (QED) is 0.698. The van der Waals surface area contributed by atoms with E-state index in [2.05, 4.69) is 17.0 Å². The molecule has 2 aromatic rings. The number of hydrogen-bond acceptors (Lipinski definition) is 3. The fourth-order valence-electron chi connectivity index (χ4n) is 3.65. The largest absolute Gasteiger partial charge is 0.341 e. The summed E-state index contributed by atoms with van der Waals surface area (Å²) in [6.45, 7) is 3.78. The molecule has 0 spiro atoms. The highest BCUT2D eigenvalue weighted by molar-refractivity contribution is 5.85. The second-order valence-electron chi connectivity index (χ2n) is 7.52. The maximum atomic E-state index is 13.8. The Morgan fingerprint density at radius 2 is 1.67 bits per heavy atom. The zero-order valence-corrected chi connectivity index (χ0v) is 17.5. The van der Waals surface area contributed by atoms with E-state index in [0.29, 0.717) is 19.2 Å². The van der Waals surface area contributed by atoms with Crippen LogP contribution >= 0.6 is 12.4 Å². The van der Waals surface area contributed by atoms with E-state index >= 15 is 0 Å². The van der Waals surface area contributed by atoms with Crippen molar-refractivity contribution >= 4 is 18.3 Å². The Labute approximate surface area is 181 Å². The van der Waals surface area contributed by atoms with E-state index < -0.39 is 23.5 Å². The maximum absolute atomic E-state index is 13.8. The third-order valence-electron chi connectivity index (χ3n) is 5.20. The zero-order valence-electron chi connectivity index (χ0n) is 16.7. The van der Waals surface area contributed by atoms with Gasteiger partial charge in [-0.15, -0.1) is 12.4 Å². The molecule has 1 atom stereocenters. The second-order valence-corrected chi connectivity index (χ2v) is 7.52. The maximum Gasteiger partial charge on any atom is 0.224 e. The average Bonchev–Trinajstić information content (AvgIpc) is 2.92. The number of halogens is 4. The molecule has 164 valence electrons. The van der Waals surface area contributed by atoms with E-state index in [4.69, 9.17) is 5.73 Å². The molecular formula is C22H27ClF3N3O. The molecule has 0 aromatic heterocycles. The van der Waals surface area contributed by atoms with Crippen LogP contribution < -0.4 is 5.73 Å². The number of nitrogens with zero attached hydrogens (tertiary/aromatic N) is 2. The van der Waals surface area contributed by atoms with Crippen molar-refractivity contribution in [2.24, 2.45) is 5.73 Å². The molecule has 8 heteroatoms. The van der Waals surface area contributed by atoms with Gasteiger partial charge in [0.05, 0.1) is 0 Å². The molecule has 4 nitrogen and oxygen atoms in total. The minimum atomic E-state index is -1.24. The third-order valence-corrected chi connectivity index (χ3v) is 5.20. The fourth-order valence-corrected chi connectivity index (χ4v) is 3.65. The summed E-state index contributed by atoms with van der Waals surface area (Å²) in [5.74, 6) is -3.30. The highest BCUT2D eigenvalue weighted by Crippen LogP contribution is 2.16. The summed E-state index contributed by atoms with van der Waals surface area (Å²) in [7, 11) is 0. The van der Waals surface area contributed by atoms with E-state index in [-0.39, 0.29) is 36.7 Å². The number of hydrogen-bond donors (Lipinski definition) is 1. The van der Waals surface area contributed by atoms with E-state index in [1.807, 2.05) is 18.2 Å². The Balaban J connectivity index is 0.00000320. The Bertz CT molecular complexity index is 838. The zero-order chi connectivity index (χ0) is 20.8.